The lowest BCUT2D eigenvalue weighted by atomic mass is 10.1. The fraction of sp³-hybridized carbons (Fsp3) is 0.154. The molecule has 5 nitrogen and oxygen atoms in total. The Morgan fingerprint density at radius 1 is 1.39 bits per heavy atom. The van der Waals surface area contributed by atoms with E-state index < -0.39 is 5.97 Å². The minimum Gasteiger partial charge on any atom is -0.469 e. The molecule has 18 heavy (non-hydrogen) atoms. The minimum absolute atomic E-state index is 0.246. The van der Waals surface area contributed by atoms with Crippen molar-refractivity contribution in [2.45, 2.75) is 6.42 Å². The van der Waals surface area contributed by atoms with Crippen molar-refractivity contribution >= 4 is 11.8 Å². The van der Waals surface area contributed by atoms with Crippen molar-refractivity contribution in [1.29, 1.82) is 0 Å². The van der Waals surface area contributed by atoms with E-state index in [0.29, 0.717) is 5.56 Å². The lowest BCUT2D eigenvalue weighted by Crippen LogP contribution is -2.09. The molecule has 0 amide bonds. The Morgan fingerprint density at radius 2 is 2.22 bits per heavy atom. The van der Waals surface area contributed by atoms with E-state index in [2.05, 4.69) is 9.72 Å². The molecule has 0 aliphatic heterocycles. The van der Waals surface area contributed by atoms with Crippen LogP contribution in [-0.2, 0) is 9.53 Å². The normalized spacial score (nSPS) is 10.1. The maximum Gasteiger partial charge on any atom is 0.313 e. The van der Waals surface area contributed by atoms with Gasteiger partial charge in [0, 0.05) is 23.6 Å². The van der Waals surface area contributed by atoms with Gasteiger partial charge < -0.3 is 9.30 Å². The number of Topliss-reactive ketones (excluding diaryl/α,β-unsaturated/α-hetero) is 1. The van der Waals surface area contributed by atoms with E-state index in [4.69, 9.17) is 0 Å². The van der Waals surface area contributed by atoms with Gasteiger partial charge in [-0.15, -0.1) is 0 Å². The molecule has 92 valence electrons. The van der Waals surface area contributed by atoms with Gasteiger partial charge in [-0.2, -0.15) is 0 Å². The quantitative estimate of drug-likeness (QED) is 0.466. The summed E-state index contributed by atoms with van der Waals surface area (Å²) in [6, 6.07) is 7.01. The number of carbonyl (C=O) groups is 2. The second kappa shape index (κ2) is 5.27. The number of aromatic nitrogens is 2. The molecule has 0 bridgehead atoms. The Labute approximate surface area is 104 Å². The maximum absolute atomic E-state index is 11.8. The molecule has 1 aromatic carbocycles. The SMILES string of the molecule is COC(=O)CC(=O)c1cccc(-n2ccnc2)c1. The highest BCUT2D eigenvalue weighted by atomic mass is 16.5. The van der Waals surface area contributed by atoms with E-state index >= 15 is 0 Å². The van der Waals surface area contributed by atoms with Crippen LogP contribution in [-0.4, -0.2) is 28.4 Å². The first-order chi connectivity index (χ1) is 8.70. The molecule has 2 aromatic rings. The van der Waals surface area contributed by atoms with Crippen LogP contribution in [0.5, 0.6) is 0 Å². The summed E-state index contributed by atoms with van der Waals surface area (Å²) in [7, 11) is 1.26. The fourth-order valence-electron chi connectivity index (χ4n) is 1.56. The van der Waals surface area contributed by atoms with Crippen molar-refractivity contribution in [3.63, 3.8) is 0 Å². The lowest BCUT2D eigenvalue weighted by molar-refractivity contribution is -0.139. The molecule has 0 atom stereocenters. The Bertz CT molecular complexity index is 561. The monoisotopic (exact) mass is 244 g/mol. The molecular formula is C13H12N2O3. The Hall–Kier alpha value is -2.43. The highest BCUT2D eigenvalue weighted by Gasteiger charge is 2.12. The number of hydrogen-bond acceptors (Lipinski definition) is 4. The zero-order chi connectivity index (χ0) is 13.0. The zero-order valence-electron chi connectivity index (χ0n) is 9.87. The highest BCUT2D eigenvalue weighted by molar-refractivity contribution is 6.06. The van der Waals surface area contributed by atoms with Gasteiger partial charge in [-0.1, -0.05) is 12.1 Å². The summed E-state index contributed by atoms with van der Waals surface area (Å²) in [6.45, 7) is 0. The number of ketones is 1. The summed E-state index contributed by atoms with van der Waals surface area (Å²) in [5, 5.41) is 0. The van der Waals surface area contributed by atoms with Gasteiger partial charge in [-0.05, 0) is 12.1 Å². The zero-order valence-corrected chi connectivity index (χ0v) is 9.87. The average Bonchev–Trinajstić information content (AvgIpc) is 2.92. The van der Waals surface area contributed by atoms with Crippen LogP contribution in [0.15, 0.2) is 43.0 Å². The molecule has 1 heterocycles. The van der Waals surface area contributed by atoms with Gasteiger partial charge in [0.05, 0.1) is 13.4 Å². The van der Waals surface area contributed by atoms with Gasteiger partial charge in [-0.25, -0.2) is 4.98 Å². The van der Waals surface area contributed by atoms with E-state index in [0.717, 1.165) is 5.69 Å². The van der Waals surface area contributed by atoms with Gasteiger partial charge in [-0.3, -0.25) is 9.59 Å². The number of imidazole rings is 1. The van der Waals surface area contributed by atoms with Crippen LogP contribution < -0.4 is 0 Å². The average molecular weight is 244 g/mol. The maximum atomic E-state index is 11.8. The summed E-state index contributed by atoms with van der Waals surface area (Å²) < 4.78 is 6.26. The van der Waals surface area contributed by atoms with Crippen LogP contribution in [0.3, 0.4) is 0 Å². The number of ether oxygens (including phenoxy) is 1. The third-order valence-corrected chi connectivity index (χ3v) is 2.50. The van der Waals surface area contributed by atoms with E-state index in [1.807, 2.05) is 6.07 Å². The van der Waals surface area contributed by atoms with E-state index in [-0.39, 0.29) is 12.2 Å². The summed E-state index contributed by atoms with van der Waals surface area (Å²) in [4.78, 5) is 26.8. The molecule has 0 unspecified atom stereocenters. The summed E-state index contributed by atoms with van der Waals surface area (Å²) in [5.74, 6) is -0.795. The lowest BCUT2D eigenvalue weighted by Gasteiger charge is -2.04. The number of carbonyl (C=O) groups excluding carboxylic acids is 2. The van der Waals surface area contributed by atoms with Gasteiger partial charge in [0.2, 0.25) is 0 Å². The Kier molecular flexibility index (Phi) is 3.52. The topological polar surface area (TPSA) is 61.2 Å². The molecule has 2 rings (SSSR count). The number of esters is 1. The predicted molar refractivity (Wildman–Crippen MR) is 64.5 cm³/mol. The van der Waals surface area contributed by atoms with Gasteiger partial charge >= 0.3 is 5.97 Å². The van der Waals surface area contributed by atoms with Crippen LogP contribution in [0.2, 0.25) is 0 Å². The molecular weight excluding hydrogens is 232 g/mol. The molecule has 0 aliphatic carbocycles. The van der Waals surface area contributed by atoms with Crippen LogP contribution in [0.1, 0.15) is 16.8 Å². The first kappa shape index (κ1) is 12.0. The Balaban J connectivity index is 2.22. The molecule has 0 N–H and O–H groups in total. The second-order valence-electron chi connectivity index (χ2n) is 3.70. The molecule has 1 aromatic heterocycles. The van der Waals surface area contributed by atoms with Crippen molar-refractivity contribution in [2.75, 3.05) is 7.11 Å². The molecule has 0 spiro atoms. The van der Waals surface area contributed by atoms with E-state index in [9.17, 15) is 9.59 Å². The van der Waals surface area contributed by atoms with Gasteiger partial charge in [0.15, 0.2) is 5.78 Å². The van der Waals surface area contributed by atoms with Gasteiger partial charge in [0.25, 0.3) is 0 Å². The van der Waals surface area contributed by atoms with Crippen LogP contribution in [0.25, 0.3) is 5.69 Å². The number of benzene rings is 1. The highest BCUT2D eigenvalue weighted by Crippen LogP contribution is 2.12. The largest absolute Gasteiger partial charge is 0.469 e. The van der Waals surface area contributed by atoms with Crippen LogP contribution in [0, 0.1) is 0 Å². The molecule has 5 heteroatoms. The van der Waals surface area contributed by atoms with E-state index in [1.165, 1.54) is 7.11 Å². The summed E-state index contributed by atoms with van der Waals surface area (Å²) >= 11 is 0. The van der Waals surface area contributed by atoms with Crippen molar-refractivity contribution in [1.82, 2.24) is 9.55 Å². The molecule has 0 aliphatic rings. The Morgan fingerprint density at radius 3 is 2.89 bits per heavy atom. The van der Waals surface area contributed by atoms with E-state index in [1.54, 1.807) is 41.5 Å². The third kappa shape index (κ3) is 2.63. The summed E-state index contributed by atoms with van der Waals surface area (Å²) in [5.41, 5.74) is 1.30. The smallest absolute Gasteiger partial charge is 0.313 e. The second-order valence-corrected chi connectivity index (χ2v) is 3.70. The summed E-state index contributed by atoms with van der Waals surface area (Å²) in [6.07, 6.45) is 4.83. The van der Waals surface area contributed by atoms with Crippen molar-refractivity contribution in [3.8, 4) is 5.69 Å². The number of rotatable bonds is 4. The van der Waals surface area contributed by atoms with Crippen LogP contribution in [0.4, 0.5) is 0 Å². The third-order valence-electron chi connectivity index (χ3n) is 2.50. The van der Waals surface area contributed by atoms with Crippen molar-refractivity contribution < 1.29 is 14.3 Å². The standard InChI is InChI=1S/C13H12N2O3/c1-18-13(17)8-12(16)10-3-2-4-11(7-10)15-6-5-14-9-15/h2-7,9H,8H2,1H3. The fourth-order valence-corrected chi connectivity index (χ4v) is 1.56. The molecule has 0 fully saturated rings. The first-order valence-corrected chi connectivity index (χ1v) is 5.39. The van der Waals surface area contributed by atoms with Crippen molar-refractivity contribution in [2.24, 2.45) is 0 Å². The minimum atomic E-state index is -0.534. The van der Waals surface area contributed by atoms with Crippen molar-refractivity contribution in [3.05, 3.63) is 48.5 Å². The van der Waals surface area contributed by atoms with Gasteiger partial charge in [0.1, 0.15) is 6.42 Å². The molecule has 0 saturated carbocycles. The van der Waals surface area contributed by atoms with Crippen LogP contribution >= 0.6 is 0 Å². The first-order valence-electron chi connectivity index (χ1n) is 5.39. The predicted octanol–water partition coefficient (Wildman–Crippen LogP) is 1.62. The molecule has 0 saturated heterocycles. The number of methoxy groups -OCH3 is 1. The number of nitrogens with zero attached hydrogens (tertiary/aromatic N) is 2. The number of hydrogen-bond donors (Lipinski definition) is 0. The molecule has 0 radical (unpaired) electrons.